The molecule has 0 aliphatic rings. The zero-order valence-corrected chi connectivity index (χ0v) is 12.1. The first kappa shape index (κ1) is 15.6. The third kappa shape index (κ3) is 3.45. The van der Waals surface area contributed by atoms with Gasteiger partial charge >= 0.3 is 0 Å². The van der Waals surface area contributed by atoms with Crippen LogP contribution in [-0.2, 0) is 0 Å². The lowest BCUT2D eigenvalue weighted by Crippen LogP contribution is -2.25. The van der Waals surface area contributed by atoms with E-state index in [2.05, 4.69) is 5.32 Å². The summed E-state index contributed by atoms with van der Waals surface area (Å²) in [7, 11) is 0. The molecule has 0 bridgehead atoms. The Labute approximate surface area is 122 Å². The molecule has 0 amide bonds. The SMILES string of the molecule is CCCNC(c1ccc(F)cc1F)c1cccc(C)c1F. The Kier molecular flexibility index (Phi) is 5.02. The van der Waals surface area contributed by atoms with Gasteiger partial charge in [-0.2, -0.15) is 0 Å². The summed E-state index contributed by atoms with van der Waals surface area (Å²) in [5.74, 6) is -1.69. The van der Waals surface area contributed by atoms with Crippen LogP contribution in [0.1, 0.15) is 36.1 Å². The number of hydrogen-bond acceptors (Lipinski definition) is 1. The predicted octanol–water partition coefficient (Wildman–Crippen LogP) is 4.50. The average Bonchev–Trinajstić information content (AvgIpc) is 2.45. The van der Waals surface area contributed by atoms with Crippen molar-refractivity contribution in [3.05, 3.63) is 70.5 Å². The average molecular weight is 293 g/mol. The summed E-state index contributed by atoms with van der Waals surface area (Å²) in [4.78, 5) is 0. The van der Waals surface area contributed by atoms with Crippen LogP contribution in [0, 0.1) is 24.4 Å². The second-order valence-corrected chi connectivity index (χ2v) is 5.03. The van der Waals surface area contributed by atoms with Gasteiger partial charge in [-0.05, 0) is 31.5 Å². The number of hydrogen-bond donors (Lipinski definition) is 1. The number of nitrogens with one attached hydrogen (secondary N) is 1. The van der Waals surface area contributed by atoms with Gasteiger partial charge in [0.05, 0.1) is 6.04 Å². The second kappa shape index (κ2) is 6.76. The molecular formula is C17H18F3N. The summed E-state index contributed by atoms with van der Waals surface area (Å²) in [6.07, 6.45) is 0.826. The molecule has 1 unspecified atom stereocenters. The van der Waals surface area contributed by atoms with Gasteiger partial charge in [0.15, 0.2) is 0 Å². The minimum atomic E-state index is -0.676. The molecule has 2 rings (SSSR count). The predicted molar refractivity (Wildman–Crippen MR) is 77.6 cm³/mol. The quantitative estimate of drug-likeness (QED) is 0.855. The van der Waals surface area contributed by atoms with Crippen molar-refractivity contribution in [3.63, 3.8) is 0 Å². The molecule has 0 radical (unpaired) electrons. The number of benzene rings is 2. The molecule has 2 aromatic carbocycles. The molecule has 0 spiro atoms. The van der Waals surface area contributed by atoms with E-state index >= 15 is 0 Å². The van der Waals surface area contributed by atoms with E-state index in [-0.39, 0.29) is 11.4 Å². The zero-order chi connectivity index (χ0) is 15.4. The van der Waals surface area contributed by atoms with Crippen molar-refractivity contribution >= 4 is 0 Å². The van der Waals surface area contributed by atoms with E-state index in [1.807, 2.05) is 6.92 Å². The molecule has 21 heavy (non-hydrogen) atoms. The maximum Gasteiger partial charge on any atom is 0.131 e. The van der Waals surface area contributed by atoms with Crippen LogP contribution in [0.4, 0.5) is 13.2 Å². The van der Waals surface area contributed by atoms with Gasteiger partial charge in [-0.3, -0.25) is 0 Å². The highest BCUT2D eigenvalue weighted by molar-refractivity contribution is 5.36. The van der Waals surface area contributed by atoms with Crippen LogP contribution in [0.2, 0.25) is 0 Å². The first-order chi connectivity index (χ1) is 10.0. The summed E-state index contributed by atoms with van der Waals surface area (Å²) in [5.41, 5.74) is 1.11. The standard InChI is InChI=1S/C17H18F3N/c1-3-9-21-17(13-8-7-12(18)10-15(13)19)14-6-4-5-11(2)16(14)20/h4-8,10,17,21H,3,9H2,1-2H3. The summed E-state index contributed by atoms with van der Waals surface area (Å²) in [6.45, 7) is 4.24. The van der Waals surface area contributed by atoms with Crippen LogP contribution in [0.15, 0.2) is 36.4 Å². The van der Waals surface area contributed by atoms with Gasteiger partial charge in [-0.25, -0.2) is 13.2 Å². The van der Waals surface area contributed by atoms with Gasteiger partial charge in [0.2, 0.25) is 0 Å². The smallest absolute Gasteiger partial charge is 0.131 e. The van der Waals surface area contributed by atoms with Crippen molar-refractivity contribution in [2.75, 3.05) is 6.54 Å². The van der Waals surface area contributed by atoms with Gasteiger partial charge in [-0.1, -0.05) is 31.2 Å². The number of halogens is 3. The molecule has 1 atom stereocenters. The largest absolute Gasteiger partial charge is 0.306 e. The Bertz CT molecular complexity index is 625. The first-order valence-corrected chi connectivity index (χ1v) is 6.98. The van der Waals surface area contributed by atoms with Crippen LogP contribution in [-0.4, -0.2) is 6.54 Å². The lowest BCUT2D eigenvalue weighted by Gasteiger charge is -2.21. The van der Waals surface area contributed by atoms with Crippen molar-refractivity contribution in [1.82, 2.24) is 5.32 Å². The van der Waals surface area contributed by atoms with E-state index < -0.39 is 17.7 Å². The molecule has 0 saturated carbocycles. The Morgan fingerprint density at radius 1 is 1.05 bits per heavy atom. The Balaban J connectivity index is 2.49. The molecular weight excluding hydrogens is 275 g/mol. The molecule has 2 aromatic rings. The fourth-order valence-corrected chi connectivity index (χ4v) is 2.30. The fourth-order valence-electron chi connectivity index (χ4n) is 2.30. The minimum Gasteiger partial charge on any atom is -0.306 e. The van der Waals surface area contributed by atoms with Crippen LogP contribution in [0.5, 0.6) is 0 Å². The lowest BCUT2D eigenvalue weighted by molar-refractivity contribution is 0.511. The zero-order valence-electron chi connectivity index (χ0n) is 12.1. The highest BCUT2D eigenvalue weighted by Gasteiger charge is 2.21. The Morgan fingerprint density at radius 2 is 1.81 bits per heavy atom. The maximum absolute atomic E-state index is 14.3. The fraction of sp³-hybridized carbons (Fsp3) is 0.294. The molecule has 0 aromatic heterocycles. The van der Waals surface area contributed by atoms with E-state index in [0.29, 0.717) is 17.7 Å². The van der Waals surface area contributed by atoms with Gasteiger partial charge in [-0.15, -0.1) is 0 Å². The monoisotopic (exact) mass is 293 g/mol. The van der Waals surface area contributed by atoms with Crippen molar-refractivity contribution in [2.24, 2.45) is 0 Å². The van der Waals surface area contributed by atoms with Crippen molar-refractivity contribution in [1.29, 1.82) is 0 Å². The van der Waals surface area contributed by atoms with E-state index in [0.717, 1.165) is 12.5 Å². The molecule has 112 valence electrons. The molecule has 4 heteroatoms. The van der Waals surface area contributed by atoms with Crippen LogP contribution >= 0.6 is 0 Å². The minimum absolute atomic E-state index is 0.245. The van der Waals surface area contributed by atoms with E-state index in [4.69, 9.17) is 0 Å². The summed E-state index contributed by atoms with van der Waals surface area (Å²) >= 11 is 0. The first-order valence-electron chi connectivity index (χ1n) is 6.98. The highest BCUT2D eigenvalue weighted by Crippen LogP contribution is 2.28. The molecule has 0 fully saturated rings. The van der Waals surface area contributed by atoms with Crippen molar-refractivity contribution in [3.8, 4) is 0 Å². The van der Waals surface area contributed by atoms with Crippen LogP contribution in [0.3, 0.4) is 0 Å². The van der Waals surface area contributed by atoms with Gasteiger partial charge < -0.3 is 5.32 Å². The molecule has 1 nitrogen and oxygen atoms in total. The summed E-state index contributed by atoms with van der Waals surface area (Å²) in [6, 6.07) is 7.76. The molecule has 0 saturated heterocycles. The normalized spacial score (nSPS) is 12.4. The number of aryl methyl sites for hydroxylation is 1. The van der Waals surface area contributed by atoms with Crippen molar-refractivity contribution in [2.45, 2.75) is 26.3 Å². The van der Waals surface area contributed by atoms with Gasteiger partial charge in [0.25, 0.3) is 0 Å². The van der Waals surface area contributed by atoms with Crippen LogP contribution in [0.25, 0.3) is 0 Å². The molecule has 0 aliphatic carbocycles. The third-order valence-electron chi connectivity index (χ3n) is 3.40. The molecule has 1 N–H and O–H groups in total. The second-order valence-electron chi connectivity index (χ2n) is 5.03. The maximum atomic E-state index is 14.3. The van der Waals surface area contributed by atoms with E-state index in [1.165, 1.54) is 12.1 Å². The van der Waals surface area contributed by atoms with Gasteiger partial charge in [0, 0.05) is 17.2 Å². The Hall–Kier alpha value is -1.81. The van der Waals surface area contributed by atoms with Crippen molar-refractivity contribution < 1.29 is 13.2 Å². The van der Waals surface area contributed by atoms with Gasteiger partial charge in [0.1, 0.15) is 17.5 Å². The molecule has 0 heterocycles. The summed E-state index contributed by atoms with van der Waals surface area (Å²) < 4.78 is 41.5. The third-order valence-corrected chi connectivity index (χ3v) is 3.40. The van der Waals surface area contributed by atoms with Crippen LogP contribution < -0.4 is 5.32 Å². The highest BCUT2D eigenvalue weighted by atomic mass is 19.1. The Morgan fingerprint density at radius 3 is 2.48 bits per heavy atom. The number of rotatable bonds is 5. The lowest BCUT2D eigenvalue weighted by atomic mass is 9.96. The van der Waals surface area contributed by atoms with E-state index in [9.17, 15) is 13.2 Å². The summed E-state index contributed by atoms with van der Waals surface area (Å²) in [5, 5.41) is 3.13. The topological polar surface area (TPSA) is 12.0 Å². The van der Waals surface area contributed by atoms with E-state index in [1.54, 1.807) is 25.1 Å². The molecule has 0 aliphatic heterocycles.